The fourth-order valence-electron chi connectivity index (χ4n) is 2.87. The molecule has 2 aliphatic rings. The van der Waals surface area contributed by atoms with E-state index in [-0.39, 0.29) is 5.60 Å². The highest BCUT2D eigenvalue weighted by molar-refractivity contribution is 9.10. The van der Waals surface area contributed by atoms with E-state index in [4.69, 9.17) is 4.74 Å². The van der Waals surface area contributed by atoms with E-state index in [1.54, 1.807) is 0 Å². The largest absolute Gasteiger partial charge is 0.484 e. The standard InChI is InChI=1S/C14H18BrNO/c1-9-7-11-3-4-14(5-6-16-8-14)17-13(11)12(15)10(9)2/h7,16H,3-6,8H2,1-2H3. The van der Waals surface area contributed by atoms with E-state index in [0.717, 1.165) is 42.6 Å². The van der Waals surface area contributed by atoms with Gasteiger partial charge in [-0.25, -0.2) is 0 Å². The van der Waals surface area contributed by atoms with E-state index >= 15 is 0 Å². The van der Waals surface area contributed by atoms with Gasteiger partial charge in [-0.15, -0.1) is 0 Å². The molecule has 0 saturated carbocycles. The molecule has 3 heteroatoms. The summed E-state index contributed by atoms with van der Waals surface area (Å²) < 4.78 is 7.49. The molecule has 2 nitrogen and oxygen atoms in total. The zero-order chi connectivity index (χ0) is 12.0. The second-order valence-corrected chi connectivity index (χ2v) is 6.13. The van der Waals surface area contributed by atoms with Crippen LogP contribution in [0.4, 0.5) is 0 Å². The summed E-state index contributed by atoms with van der Waals surface area (Å²) >= 11 is 3.70. The van der Waals surface area contributed by atoms with Crippen LogP contribution >= 0.6 is 15.9 Å². The molecule has 0 radical (unpaired) electrons. The summed E-state index contributed by atoms with van der Waals surface area (Å²) in [5.74, 6) is 1.09. The molecule has 92 valence electrons. The lowest BCUT2D eigenvalue weighted by molar-refractivity contribution is 0.0653. The number of hydrogen-bond acceptors (Lipinski definition) is 2. The van der Waals surface area contributed by atoms with Crippen molar-refractivity contribution >= 4 is 15.9 Å². The predicted molar refractivity (Wildman–Crippen MR) is 72.8 cm³/mol. The fraction of sp³-hybridized carbons (Fsp3) is 0.571. The minimum absolute atomic E-state index is 0.0528. The molecule has 0 amide bonds. The third kappa shape index (κ3) is 1.80. The summed E-state index contributed by atoms with van der Waals surface area (Å²) in [5.41, 5.74) is 4.06. The number of nitrogens with one attached hydrogen (secondary N) is 1. The monoisotopic (exact) mass is 295 g/mol. The van der Waals surface area contributed by atoms with Crippen LogP contribution in [0.1, 0.15) is 29.5 Å². The second-order valence-electron chi connectivity index (χ2n) is 5.33. The average Bonchev–Trinajstić information content (AvgIpc) is 2.76. The van der Waals surface area contributed by atoms with Crippen LogP contribution in [0.5, 0.6) is 5.75 Å². The summed E-state index contributed by atoms with van der Waals surface area (Å²) in [6.45, 7) is 6.39. The first-order valence-corrected chi connectivity index (χ1v) is 7.09. The van der Waals surface area contributed by atoms with Gasteiger partial charge in [-0.1, -0.05) is 6.07 Å². The number of benzene rings is 1. The summed E-state index contributed by atoms with van der Waals surface area (Å²) in [7, 11) is 0. The van der Waals surface area contributed by atoms with Gasteiger partial charge in [0.15, 0.2) is 0 Å². The second kappa shape index (κ2) is 3.99. The SMILES string of the molecule is Cc1cc2c(c(Br)c1C)OC1(CCNC1)CC2. The third-order valence-corrected chi connectivity index (χ3v) is 5.13. The summed E-state index contributed by atoms with van der Waals surface area (Å²) in [4.78, 5) is 0. The number of fused-ring (bicyclic) bond motifs is 1. The number of halogens is 1. The Morgan fingerprint density at radius 1 is 1.35 bits per heavy atom. The Bertz CT molecular complexity index is 464. The molecule has 2 aliphatic heterocycles. The molecule has 1 aromatic carbocycles. The highest BCUT2D eigenvalue weighted by Gasteiger charge is 2.39. The lowest BCUT2D eigenvalue weighted by Gasteiger charge is -2.36. The van der Waals surface area contributed by atoms with Crippen LogP contribution in [0, 0.1) is 13.8 Å². The van der Waals surface area contributed by atoms with Crippen molar-refractivity contribution < 1.29 is 4.74 Å². The molecule has 3 rings (SSSR count). The van der Waals surface area contributed by atoms with Crippen LogP contribution in [0.2, 0.25) is 0 Å². The Morgan fingerprint density at radius 3 is 2.88 bits per heavy atom. The van der Waals surface area contributed by atoms with E-state index in [1.807, 2.05) is 0 Å². The van der Waals surface area contributed by atoms with Crippen LogP contribution in [-0.4, -0.2) is 18.7 Å². The van der Waals surface area contributed by atoms with Gasteiger partial charge in [0, 0.05) is 13.0 Å². The predicted octanol–water partition coefficient (Wildman–Crippen LogP) is 3.12. The zero-order valence-electron chi connectivity index (χ0n) is 10.4. The molecule has 2 heterocycles. The lowest BCUT2D eigenvalue weighted by Crippen LogP contribution is -2.41. The summed E-state index contributed by atoms with van der Waals surface area (Å²) in [6, 6.07) is 2.28. The molecule has 1 spiro atoms. The van der Waals surface area contributed by atoms with Crippen LogP contribution in [0.15, 0.2) is 10.5 Å². The first-order valence-electron chi connectivity index (χ1n) is 6.30. The molecule has 1 aromatic rings. The van der Waals surface area contributed by atoms with E-state index in [2.05, 4.69) is 41.2 Å². The Morgan fingerprint density at radius 2 is 2.18 bits per heavy atom. The van der Waals surface area contributed by atoms with Crippen molar-refractivity contribution in [2.75, 3.05) is 13.1 Å². The first-order chi connectivity index (χ1) is 8.11. The topological polar surface area (TPSA) is 21.3 Å². The number of ether oxygens (including phenoxy) is 1. The number of rotatable bonds is 0. The molecule has 1 unspecified atom stereocenters. The van der Waals surface area contributed by atoms with E-state index in [1.165, 1.54) is 16.7 Å². The van der Waals surface area contributed by atoms with Gasteiger partial charge in [0.2, 0.25) is 0 Å². The van der Waals surface area contributed by atoms with Crippen LogP contribution < -0.4 is 10.1 Å². The Balaban J connectivity index is 2.04. The molecule has 17 heavy (non-hydrogen) atoms. The van der Waals surface area contributed by atoms with Crippen molar-refractivity contribution in [2.24, 2.45) is 0 Å². The minimum atomic E-state index is 0.0528. The molecule has 1 atom stereocenters. The van der Waals surface area contributed by atoms with Gasteiger partial charge in [-0.2, -0.15) is 0 Å². The molecule has 0 aliphatic carbocycles. The Labute approximate surface area is 111 Å². The molecular weight excluding hydrogens is 278 g/mol. The van der Waals surface area contributed by atoms with Crippen LogP contribution in [0.25, 0.3) is 0 Å². The quantitative estimate of drug-likeness (QED) is 0.794. The van der Waals surface area contributed by atoms with Crippen molar-refractivity contribution in [3.05, 3.63) is 27.2 Å². The van der Waals surface area contributed by atoms with Crippen LogP contribution in [0.3, 0.4) is 0 Å². The van der Waals surface area contributed by atoms with Gasteiger partial charge >= 0.3 is 0 Å². The number of hydrogen-bond donors (Lipinski definition) is 1. The third-order valence-electron chi connectivity index (χ3n) is 4.18. The maximum Gasteiger partial charge on any atom is 0.137 e. The Hall–Kier alpha value is -0.540. The van der Waals surface area contributed by atoms with Gasteiger partial charge in [-0.05, 0) is 65.9 Å². The maximum absolute atomic E-state index is 6.34. The van der Waals surface area contributed by atoms with E-state index in [9.17, 15) is 0 Å². The summed E-state index contributed by atoms with van der Waals surface area (Å²) in [6.07, 6.45) is 3.41. The molecule has 1 fully saturated rings. The summed E-state index contributed by atoms with van der Waals surface area (Å²) in [5, 5.41) is 3.42. The van der Waals surface area contributed by atoms with Crippen molar-refractivity contribution in [1.29, 1.82) is 0 Å². The first kappa shape index (κ1) is 11.5. The van der Waals surface area contributed by atoms with Gasteiger partial charge in [0.05, 0.1) is 4.47 Å². The Kier molecular flexibility index (Phi) is 2.71. The highest BCUT2D eigenvalue weighted by atomic mass is 79.9. The minimum Gasteiger partial charge on any atom is -0.484 e. The van der Waals surface area contributed by atoms with Gasteiger partial charge in [0.25, 0.3) is 0 Å². The van der Waals surface area contributed by atoms with Gasteiger partial charge < -0.3 is 10.1 Å². The number of aryl methyl sites for hydroxylation is 2. The van der Waals surface area contributed by atoms with Gasteiger partial charge in [0.1, 0.15) is 11.4 Å². The smallest absolute Gasteiger partial charge is 0.137 e. The van der Waals surface area contributed by atoms with Crippen molar-refractivity contribution in [2.45, 2.75) is 38.7 Å². The van der Waals surface area contributed by atoms with Crippen molar-refractivity contribution in [3.8, 4) is 5.75 Å². The molecule has 1 saturated heterocycles. The highest BCUT2D eigenvalue weighted by Crippen LogP contribution is 2.43. The zero-order valence-corrected chi connectivity index (χ0v) is 12.0. The molecule has 1 N–H and O–H groups in total. The molecule has 0 aromatic heterocycles. The van der Waals surface area contributed by atoms with Crippen molar-refractivity contribution in [3.63, 3.8) is 0 Å². The average molecular weight is 296 g/mol. The van der Waals surface area contributed by atoms with Crippen LogP contribution in [-0.2, 0) is 6.42 Å². The normalized spacial score (nSPS) is 27.0. The van der Waals surface area contributed by atoms with Crippen molar-refractivity contribution in [1.82, 2.24) is 5.32 Å². The fourth-order valence-corrected chi connectivity index (χ4v) is 3.52. The molecule has 0 bridgehead atoms. The van der Waals surface area contributed by atoms with E-state index in [0.29, 0.717) is 0 Å². The van der Waals surface area contributed by atoms with Gasteiger partial charge in [-0.3, -0.25) is 0 Å². The molecular formula is C14H18BrNO. The van der Waals surface area contributed by atoms with E-state index < -0.39 is 0 Å². The lowest BCUT2D eigenvalue weighted by atomic mass is 9.89. The maximum atomic E-state index is 6.34.